The van der Waals surface area contributed by atoms with Gasteiger partial charge in [-0.1, -0.05) is 23.2 Å². The first kappa shape index (κ1) is 15.4. The molecule has 0 atom stereocenters. The highest BCUT2D eigenvalue weighted by Crippen LogP contribution is 2.39. The van der Waals surface area contributed by atoms with Gasteiger partial charge in [0.1, 0.15) is 0 Å². The lowest BCUT2D eigenvalue weighted by Gasteiger charge is -2.40. The summed E-state index contributed by atoms with van der Waals surface area (Å²) in [5, 5.41) is 14.8. The summed E-state index contributed by atoms with van der Waals surface area (Å²) >= 11 is 12.3. The van der Waals surface area contributed by atoms with Crippen LogP contribution >= 0.6 is 23.2 Å². The summed E-state index contributed by atoms with van der Waals surface area (Å²) in [7, 11) is 1.96. The number of nitrogens with zero attached hydrogens (tertiary/aromatic N) is 2. The lowest BCUT2D eigenvalue weighted by Crippen LogP contribution is -2.50. The number of non-ortho nitro benzene ring substituents is 1. The summed E-state index contributed by atoms with van der Waals surface area (Å²) in [5.41, 5.74) is 0.730. The van der Waals surface area contributed by atoms with Gasteiger partial charge in [0, 0.05) is 30.8 Å². The molecule has 0 saturated carbocycles. The second-order valence-electron chi connectivity index (χ2n) is 5.31. The maximum atomic E-state index is 10.8. The normalized spacial score (nSPS) is 18.1. The summed E-state index contributed by atoms with van der Waals surface area (Å²) in [6.45, 7) is 3.81. The number of nitro benzene ring substituents is 1. The zero-order valence-electron chi connectivity index (χ0n) is 11.4. The Hall–Kier alpha value is -1.04. The standard InChI is InChI=1S/C13H17Cl2N3O2/c1-13(16-2)3-5-17(6-4-13)12-10(14)7-9(18(19)20)8-11(12)15/h7-8,16H,3-6H2,1-2H3. The minimum atomic E-state index is -0.490. The molecule has 1 aromatic rings. The van der Waals surface area contributed by atoms with E-state index in [1.54, 1.807) is 0 Å². The lowest BCUT2D eigenvalue weighted by molar-refractivity contribution is -0.384. The molecular formula is C13H17Cl2N3O2. The number of nitro groups is 1. The van der Waals surface area contributed by atoms with Gasteiger partial charge >= 0.3 is 0 Å². The number of rotatable bonds is 3. The summed E-state index contributed by atoms with van der Waals surface area (Å²) < 4.78 is 0. The third-order valence-electron chi connectivity index (χ3n) is 4.00. The smallest absolute Gasteiger partial charge is 0.272 e. The van der Waals surface area contributed by atoms with Crippen LogP contribution in [0.3, 0.4) is 0 Å². The van der Waals surface area contributed by atoms with Crippen LogP contribution in [0.1, 0.15) is 19.8 Å². The monoisotopic (exact) mass is 317 g/mol. The largest absolute Gasteiger partial charge is 0.369 e. The van der Waals surface area contributed by atoms with Crippen LogP contribution in [-0.4, -0.2) is 30.6 Å². The van der Waals surface area contributed by atoms with Crippen molar-refractivity contribution in [2.24, 2.45) is 0 Å². The topological polar surface area (TPSA) is 58.4 Å². The van der Waals surface area contributed by atoms with Gasteiger partial charge < -0.3 is 10.2 Å². The zero-order valence-corrected chi connectivity index (χ0v) is 13.0. The highest BCUT2D eigenvalue weighted by molar-refractivity contribution is 6.39. The minimum Gasteiger partial charge on any atom is -0.369 e. The van der Waals surface area contributed by atoms with E-state index in [-0.39, 0.29) is 11.2 Å². The van der Waals surface area contributed by atoms with E-state index in [1.807, 2.05) is 7.05 Å². The molecule has 1 aliphatic heterocycles. The molecule has 110 valence electrons. The number of nitrogens with one attached hydrogen (secondary N) is 1. The van der Waals surface area contributed by atoms with Crippen LogP contribution in [0.4, 0.5) is 11.4 Å². The van der Waals surface area contributed by atoms with Crippen LogP contribution in [0, 0.1) is 10.1 Å². The number of benzene rings is 1. The molecule has 1 aromatic carbocycles. The van der Waals surface area contributed by atoms with E-state index in [9.17, 15) is 10.1 Å². The molecule has 0 aromatic heterocycles. The molecule has 1 aliphatic rings. The molecule has 0 unspecified atom stereocenters. The van der Waals surface area contributed by atoms with Gasteiger partial charge in [-0.2, -0.15) is 0 Å². The van der Waals surface area contributed by atoms with E-state index in [0.717, 1.165) is 25.9 Å². The van der Waals surface area contributed by atoms with Crippen molar-refractivity contribution in [1.82, 2.24) is 5.32 Å². The minimum absolute atomic E-state index is 0.0826. The molecule has 1 N–H and O–H groups in total. The Kier molecular flexibility index (Phi) is 4.42. The lowest BCUT2D eigenvalue weighted by atomic mass is 9.89. The van der Waals surface area contributed by atoms with Crippen LogP contribution in [0.5, 0.6) is 0 Å². The molecule has 0 spiro atoms. The number of hydrogen-bond donors (Lipinski definition) is 1. The van der Waals surface area contributed by atoms with E-state index in [4.69, 9.17) is 23.2 Å². The number of hydrogen-bond acceptors (Lipinski definition) is 4. The van der Waals surface area contributed by atoms with Gasteiger partial charge in [0.2, 0.25) is 0 Å². The highest BCUT2D eigenvalue weighted by Gasteiger charge is 2.30. The van der Waals surface area contributed by atoms with Crippen LogP contribution in [0.15, 0.2) is 12.1 Å². The van der Waals surface area contributed by atoms with Gasteiger partial charge in [-0.3, -0.25) is 10.1 Å². The molecule has 1 saturated heterocycles. The van der Waals surface area contributed by atoms with Crippen LogP contribution < -0.4 is 10.2 Å². The van der Waals surface area contributed by atoms with Gasteiger partial charge in [-0.15, -0.1) is 0 Å². The quantitative estimate of drug-likeness (QED) is 0.685. The Morgan fingerprint density at radius 3 is 2.20 bits per heavy atom. The maximum absolute atomic E-state index is 10.8. The second kappa shape index (κ2) is 5.76. The molecule has 5 nitrogen and oxygen atoms in total. The first-order valence-corrected chi connectivity index (χ1v) is 7.19. The average molecular weight is 318 g/mol. The number of piperidine rings is 1. The molecular weight excluding hydrogens is 301 g/mol. The van der Waals surface area contributed by atoms with Crippen LogP contribution in [0.2, 0.25) is 10.0 Å². The van der Waals surface area contributed by atoms with Crippen LogP contribution in [-0.2, 0) is 0 Å². The molecule has 1 heterocycles. The van der Waals surface area contributed by atoms with Gasteiger partial charge in [0.25, 0.3) is 5.69 Å². The van der Waals surface area contributed by atoms with Crippen LogP contribution in [0.25, 0.3) is 0 Å². The Morgan fingerprint density at radius 2 is 1.80 bits per heavy atom. The SMILES string of the molecule is CNC1(C)CCN(c2c(Cl)cc([N+](=O)[O-])cc2Cl)CC1. The predicted molar refractivity (Wildman–Crippen MR) is 82.0 cm³/mol. The van der Waals surface area contributed by atoms with Crippen molar-refractivity contribution in [2.75, 3.05) is 25.0 Å². The molecule has 0 radical (unpaired) electrons. The first-order chi connectivity index (χ1) is 9.36. The fourth-order valence-electron chi connectivity index (χ4n) is 2.43. The Balaban J connectivity index is 2.24. The van der Waals surface area contributed by atoms with Gasteiger partial charge in [-0.05, 0) is 26.8 Å². The van der Waals surface area contributed by atoms with Gasteiger partial charge in [0.15, 0.2) is 0 Å². The fourth-order valence-corrected chi connectivity index (χ4v) is 3.15. The third-order valence-corrected chi connectivity index (χ3v) is 4.58. The summed E-state index contributed by atoms with van der Waals surface area (Å²) in [6, 6.07) is 2.71. The van der Waals surface area contributed by atoms with Crippen molar-refractivity contribution >= 4 is 34.6 Å². The Bertz CT molecular complexity index is 505. The van der Waals surface area contributed by atoms with Crippen molar-refractivity contribution in [3.63, 3.8) is 0 Å². The Labute approximate surface area is 128 Å². The van der Waals surface area contributed by atoms with E-state index in [0.29, 0.717) is 15.7 Å². The van der Waals surface area contributed by atoms with E-state index < -0.39 is 4.92 Å². The average Bonchev–Trinajstić information content (AvgIpc) is 2.40. The van der Waals surface area contributed by atoms with Crippen molar-refractivity contribution in [1.29, 1.82) is 0 Å². The van der Waals surface area contributed by atoms with Crippen molar-refractivity contribution < 1.29 is 4.92 Å². The van der Waals surface area contributed by atoms with E-state index >= 15 is 0 Å². The van der Waals surface area contributed by atoms with Crippen molar-refractivity contribution in [3.05, 3.63) is 32.3 Å². The summed E-state index contributed by atoms with van der Waals surface area (Å²) in [5.74, 6) is 0. The molecule has 20 heavy (non-hydrogen) atoms. The third kappa shape index (κ3) is 3.00. The number of halogens is 2. The van der Waals surface area contributed by atoms with E-state index in [1.165, 1.54) is 12.1 Å². The van der Waals surface area contributed by atoms with Crippen molar-refractivity contribution in [3.8, 4) is 0 Å². The number of anilines is 1. The van der Waals surface area contributed by atoms with Gasteiger partial charge in [-0.25, -0.2) is 0 Å². The van der Waals surface area contributed by atoms with E-state index in [2.05, 4.69) is 17.1 Å². The molecule has 0 bridgehead atoms. The molecule has 7 heteroatoms. The predicted octanol–water partition coefficient (Wildman–Crippen LogP) is 3.48. The summed E-state index contributed by atoms with van der Waals surface area (Å²) in [4.78, 5) is 12.4. The first-order valence-electron chi connectivity index (χ1n) is 6.43. The molecule has 0 amide bonds. The summed E-state index contributed by atoms with van der Waals surface area (Å²) in [6.07, 6.45) is 1.93. The maximum Gasteiger partial charge on any atom is 0.272 e. The Morgan fingerprint density at radius 1 is 1.30 bits per heavy atom. The molecule has 0 aliphatic carbocycles. The second-order valence-corrected chi connectivity index (χ2v) is 6.13. The highest BCUT2D eigenvalue weighted by atomic mass is 35.5. The fraction of sp³-hybridized carbons (Fsp3) is 0.538. The van der Waals surface area contributed by atoms with Crippen molar-refractivity contribution in [2.45, 2.75) is 25.3 Å². The van der Waals surface area contributed by atoms with Gasteiger partial charge in [0.05, 0.1) is 20.7 Å². The zero-order chi connectivity index (χ0) is 14.9. The molecule has 2 rings (SSSR count). The molecule has 1 fully saturated rings.